The summed E-state index contributed by atoms with van der Waals surface area (Å²) < 4.78 is 0. The molecule has 0 aliphatic heterocycles. The van der Waals surface area contributed by atoms with Gasteiger partial charge >= 0.3 is 5.69 Å². The number of aromatic amines is 1. The molecule has 1 amide bonds. The first-order valence-corrected chi connectivity index (χ1v) is 4.72. The van der Waals surface area contributed by atoms with E-state index in [0.717, 1.165) is 6.42 Å². The topological polar surface area (TPSA) is 86.9 Å². The minimum Gasteiger partial charge on any atom is -0.370 e. The van der Waals surface area contributed by atoms with Crippen molar-refractivity contribution in [3.05, 3.63) is 22.7 Å². The predicted molar refractivity (Wildman–Crippen MR) is 56.6 cm³/mol. The van der Waals surface area contributed by atoms with Gasteiger partial charge in [0.1, 0.15) is 5.82 Å². The first-order chi connectivity index (χ1) is 7.18. The van der Waals surface area contributed by atoms with Crippen molar-refractivity contribution in [3.8, 4) is 0 Å². The lowest BCUT2D eigenvalue weighted by Gasteiger charge is -2.04. The van der Waals surface area contributed by atoms with Gasteiger partial charge in [-0.05, 0) is 12.5 Å². The first-order valence-electron chi connectivity index (χ1n) is 4.72. The van der Waals surface area contributed by atoms with Crippen LogP contribution < -0.4 is 16.3 Å². The number of hydrogen-bond acceptors (Lipinski definition) is 4. The quantitative estimate of drug-likeness (QED) is 0.583. The number of nitrogens with one attached hydrogen (secondary N) is 3. The van der Waals surface area contributed by atoms with Crippen LogP contribution in [0.5, 0.6) is 0 Å². The molecule has 1 heterocycles. The molecule has 0 aliphatic carbocycles. The molecule has 15 heavy (non-hydrogen) atoms. The van der Waals surface area contributed by atoms with E-state index < -0.39 is 0 Å². The van der Waals surface area contributed by atoms with Crippen molar-refractivity contribution in [1.82, 2.24) is 15.3 Å². The van der Waals surface area contributed by atoms with Crippen molar-refractivity contribution in [2.75, 3.05) is 18.4 Å². The van der Waals surface area contributed by atoms with Crippen molar-refractivity contribution in [1.29, 1.82) is 0 Å². The van der Waals surface area contributed by atoms with Crippen LogP contribution in [0.4, 0.5) is 5.82 Å². The van der Waals surface area contributed by atoms with Crippen LogP contribution in [0.25, 0.3) is 0 Å². The van der Waals surface area contributed by atoms with Crippen LogP contribution in [0.1, 0.15) is 13.3 Å². The normalized spacial score (nSPS) is 9.67. The fraction of sp³-hybridized carbons (Fsp3) is 0.444. The Morgan fingerprint density at radius 3 is 3.00 bits per heavy atom. The zero-order valence-electron chi connectivity index (χ0n) is 8.54. The molecular weight excluding hydrogens is 196 g/mol. The van der Waals surface area contributed by atoms with Gasteiger partial charge in [-0.1, -0.05) is 0 Å². The Morgan fingerprint density at radius 2 is 2.33 bits per heavy atom. The highest BCUT2D eigenvalue weighted by atomic mass is 16.1. The second-order valence-corrected chi connectivity index (χ2v) is 3.04. The van der Waals surface area contributed by atoms with Crippen LogP contribution in [0.15, 0.2) is 17.1 Å². The summed E-state index contributed by atoms with van der Waals surface area (Å²) in [5, 5.41) is 5.65. The molecule has 0 saturated heterocycles. The summed E-state index contributed by atoms with van der Waals surface area (Å²) in [6.07, 6.45) is 2.32. The Morgan fingerprint density at radius 1 is 1.53 bits per heavy atom. The Bertz CT molecular complexity index is 374. The van der Waals surface area contributed by atoms with E-state index in [4.69, 9.17) is 0 Å². The fourth-order valence-electron chi connectivity index (χ4n) is 1.04. The highest BCUT2D eigenvalue weighted by Gasteiger charge is 1.94. The number of carbonyl (C=O) groups is 1. The van der Waals surface area contributed by atoms with Gasteiger partial charge in [0.05, 0.1) is 0 Å². The zero-order valence-corrected chi connectivity index (χ0v) is 8.54. The molecule has 6 heteroatoms. The molecule has 0 aromatic carbocycles. The van der Waals surface area contributed by atoms with Crippen molar-refractivity contribution < 1.29 is 4.79 Å². The number of rotatable bonds is 5. The van der Waals surface area contributed by atoms with Crippen molar-refractivity contribution >= 4 is 11.7 Å². The molecule has 0 radical (unpaired) electrons. The predicted octanol–water partition coefficient (Wildman–Crippen LogP) is -0.292. The summed E-state index contributed by atoms with van der Waals surface area (Å²) in [5.41, 5.74) is -0.373. The molecule has 1 rings (SSSR count). The standard InChI is InChI=1S/C9H14N4O2/c1-7(14)10-4-2-5-11-8-3-6-12-9(15)13-8/h3,6H,2,4-5H2,1H3,(H,10,14)(H2,11,12,13,15). The van der Waals surface area contributed by atoms with Gasteiger partial charge in [0.2, 0.25) is 5.91 Å². The van der Waals surface area contributed by atoms with Gasteiger partial charge < -0.3 is 15.6 Å². The Labute approximate surface area is 87.1 Å². The van der Waals surface area contributed by atoms with E-state index in [-0.39, 0.29) is 11.6 Å². The van der Waals surface area contributed by atoms with E-state index in [2.05, 4.69) is 20.6 Å². The molecule has 0 fully saturated rings. The van der Waals surface area contributed by atoms with Crippen LogP contribution in [-0.4, -0.2) is 29.0 Å². The van der Waals surface area contributed by atoms with Gasteiger partial charge in [0.15, 0.2) is 0 Å². The fourth-order valence-corrected chi connectivity index (χ4v) is 1.04. The van der Waals surface area contributed by atoms with Gasteiger partial charge in [0.25, 0.3) is 0 Å². The molecule has 1 aromatic rings. The van der Waals surface area contributed by atoms with Crippen LogP contribution in [0.3, 0.4) is 0 Å². The lowest BCUT2D eigenvalue weighted by molar-refractivity contribution is -0.118. The lowest BCUT2D eigenvalue weighted by Crippen LogP contribution is -2.23. The third kappa shape index (κ3) is 4.80. The summed E-state index contributed by atoms with van der Waals surface area (Å²) in [5.74, 6) is 0.505. The average molecular weight is 210 g/mol. The largest absolute Gasteiger partial charge is 0.370 e. The Balaban J connectivity index is 2.20. The van der Waals surface area contributed by atoms with Gasteiger partial charge in [0, 0.05) is 26.2 Å². The summed E-state index contributed by atoms with van der Waals surface area (Å²) in [7, 11) is 0. The molecule has 0 aliphatic rings. The monoisotopic (exact) mass is 210 g/mol. The average Bonchev–Trinajstić information content (AvgIpc) is 2.17. The first kappa shape index (κ1) is 11.2. The van der Waals surface area contributed by atoms with Crippen molar-refractivity contribution in [2.45, 2.75) is 13.3 Å². The maximum Gasteiger partial charge on any atom is 0.346 e. The van der Waals surface area contributed by atoms with E-state index in [0.29, 0.717) is 18.9 Å². The van der Waals surface area contributed by atoms with Crippen molar-refractivity contribution in [3.63, 3.8) is 0 Å². The maximum atomic E-state index is 10.8. The van der Waals surface area contributed by atoms with Gasteiger partial charge in [-0.15, -0.1) is 0 Å². The van der Waals surface area contributed by atoms with E-state index in [1.807, 2.05) is 0 Å². The molecule has 0 unspecified atom stereocenters. The van der Waals surface area contributed by atoms with E-state index in [1.165, 1.54) is 13.1 Å². The number of nitrogens with zero attached hydrogens (tertiary/aromatic N) is 1. The van der Waals surface area contributed by atoms with Gasteiger partial charge in [-0.2, -0.15) is 4.98 Å². The van der Waals surface area contributed by atoms with Gasteiger partial charge in [-0.25, -0.2) is 4.79 Å². The van der Waals surface area contributed by atoms with Gasteiger partial charge in [-0.3, -0.25) is 4.79 Å². The molecule has 0 spiro atoms. The highest BCUT2D eigenvalue weighted by molar-refractivity contribution is 5.72. The second-order valence-electron chi connectivity index (χ2n) is 3.04. The molecule has 82 valence electrons. The lowest BCUT2D eigenvalue weighted by atomic mass is 10.4. The maximum absolute atomic E-state index is 10.8. The third-order valence-electron chi connectivity index (χ3n) is 1.70. The SMILES string of the molecule is CC(=O)NCCCNc1cc[nH]c(=O)n1. The summed E-state index contributed by atoms with van der Waals surface area (Å²) >= 11 is 0. The molecule has 6 nitrogen and oxygen atoms in total. The number of amides is 1. The minimum absolute atomic E-state index is 0.0377. The van der Waals surface area contributed by atoms with Crippen molar-refractivity contribution in [2.24, 2.45) is 0 Å². The number of H-pyrrole nitrogens is 1. The molecule has 0 atom stereocenters. The smallest absolute Gasteiger partial charge is 0.346 e. The molecule has 1 aromatic heterocycles. The number of aromatic nitrogens is 2. The molecular formula is C9H14N4O2. The molecule has 0 saturated carbocycles. The number of hydrogen-bond donors (Lipinski definition) is 3. The number of anilines is 1. The summed E-state index contributed by atoms with van der Waals surface area (Å²) in [6.45, 7) is 2.76. The molecule has 3 N–H and O–H groups in total. The van der Waals surface area contributed by atoms with Crippen LogP contribution >= 0.6 is 0 Å². The van der Waals surface area contributed by atoms with E-state index in [1.54, 1.807) is 6.07 Å². The Kier molecular flexibility index (Phi) is 4.33. The van der Waals surface area contributed by atoms with Crippen LogP contribution in [0.2, 0.25) is 0 Å². The summed E-state index contributed by atoms with van der Waals surface area (Å²) in [6, 6.07) is 1.68. The minimum atomic E-state index is -0.373. The molecule has 0 bridgehead atoms. The zero-order chi connectivity index (χ0) is 11.1. The van der Waals surface area contributed by atoms with Crippen LogP contribution in [0, 0.1) is 0 Å². The van der Waals surface area contributed by atoms with E-state index in [9.17, 15) is 9.59 Å². The van der Waals surface area contributed by atoms with E-state index >= 15 is 0 Å². The van der Waals surface area contributed by atoms with Crippen LogP contribution in [-0.2, 0) is 4.79 Å². The third-order valence-corrected chi connectivity index (χ3v) is 1.70. The summed E-state index contributed by atoms with van der Waals surface area (Å²) in [4.78, 5) is 27.5. The number of carbonyl (C=O) groups excluding carboxylic acids is 1. The highest BCUT2D eigenvalue weighted by Crippen LogP contribution is 1.94. The second kappa shape index (κ2) is 5.79. The Hall–Kier alpha value is -1.85.